The smallest absolute Gasteiger partial charge is 0.233 e. The predicted molar refractivity (Wildman–Crippen MR) is 94.2 cm³/mol. The topological polar surface area (TPSA) is 57.7 Å². The summed E-state index contributed by atoms with van der Waals surface area (Å²) in [5.41, 5.74) is 0.291. The summed E-state index contributed by atoms with van der Waals surface area (Å²) >= 11 is 0. The third-order valence-electron chi connectivity index (χ3n) is 5.55. The van der Waals surface area contributed by atoms with Crippen LogP contribution >= 0.6 is 0 Å². The van der Waals surface area contributed by atoms with Crippen LogP contribution in [-0.4, -0.2) is 55.5 Å². The van der Waals surface area contributed by atoms with Crippen LogP contribution in [0.5, 0.6) is 0 Å². The average molecular weight is 368 g/mol. The number of benzene rings is 1. The Morgan fingerprint density at radius 3 is 2.16 bits per heavy atom. The molecular formula is C18H25FN2O3S. The van der Waals surface area contributed by atoms with E-state index in [0.717, 1.165) is 31.2 Å². The van der Waals surface area contributed by atoms with E-state index in [9.17, 15) is 17.6 Å². The van der Waals surface area contributed by atoms with Crippen molar-refractivity contribution in [2.24, 2.45) is 0 Å². The highest BCUT2D eigenvalue weighted by Crippen LogP contribution is 2.42. The minimum absolute atomic E-state index is 0.0603. The fourth-order valence-corrected chi connectivity index (χ4v) is 5.11. The fourth-order valence-electron chi connectivity index (χ4n) is 4.03. The third kappa shape index (κ3) is 3.44. The summed E-state index contributed by atoms with van der Waals surface area (Å²) in [5, 5.41) is 0. The van der Waals surface area contributed by atoms with E-state index < -0.39 is 15.4 Å². The molecule has 0 N–H and O–H groups in total. The molecule has 25 heavy (non-hydrogen) atoms. The van der Waals surface area contributed by atoms with Crippen LogP contribution in [0.1, 0.15) is 38.2 Å². The molecule has 2 aliphatic rings. The molecule has 1 heterocycles. The molecule has 0 radical (unpaired) electrons. The van der Waals surface area contributed by atoms with E-state index in [2.05, 4.69) is 0 Å². The molecule has 138 valence electrons. The summed E-state index contributed by atoms with van der Waals surface area (Å²) in [6.07, 6.45) is 3.50. The minimum Gasteiger partial charge on any atom is -0.339 e. The van der Waals surface area contributed by atoms with Gasteiger partial charge in [0.05, 0.1) is 11.2 Å². The molecular weight excluding hydrogens is 343 g/mol. The summed E-state index contributed by atoms with van der Waals surface area (Å²) < 4.78 is 38.7. The lowest BCUT2D eigenvalue weighted by atomic mass is 9.77. The van der Waals surface area contributed by atoms with Crippen molar-refractivity contribution in [3.8, 4) is 0 Å². The van der Waals surface area contributed by atoms with Crippen LogP contribution in [0.4, 0.5) is 4.39 Å². The van der Waals surface area contributed by atoms with Gasteiger partial charge in [0, 0.05) is 26.2 Å². The molecule has 0 aromatic heterocycles. The zero-order chi connectivity index (χ0) is 18.1. The first-order valence-corrected chi connectivity index (χ1v) is 10.5. The molecule has 7 heteroatoms. The Hall–Kier alpha value is -1.47. The van der Waals surface area contributed by atoms with Gasteiger partial charge in [-0.25, -0.2) is 12.8 Å². The number of nitrogens with zero attached hydrogens (tertiary/aromatic N) is 2. The fraction of sp³-hybridized carbons (Fsp3) is 0.611. The Bertz CT molecular complexity index is 719. The Morgan fingerprint density at radius 2 is 1.64 bits per heavy atom. The van der Waals surface area contributed by atoms with Gasteiger partial charge in [-0.15, -0.1) is 0 Å². The Balaban J connectivity index is 1.78. The highest BCUT2D eigenvalue weighted by atomic mass is 32.2. The van der Waals surface area contributed by atoms with Crippen molar-refractivity contribution in [3.05, 3.63) is 35.6 Å². The van der Waals surface area contributed by atoms with E-state index in [1.165, 1.54) is 16.4 Å². The first-order chi connectivity index (χ1) is 11.9. The molecule has 0 atom stereocenters. The van der Waals surface area contributed by atoms with Crippen LogP contribution in [0.15, 0.2) is 24.3 Å². The van der Waals surface area contributed by atoms with Crippen LogP contribution in [-0.2, 0) is 20.2 Å². The van der Waals surface area contributed by atoms with Gasteiger partial charge in [-0.3, -0.25) is 4.79 Å². The first kappa shape index (κ1) is 18.3. The molecule has 1 aliphatic heterocycles. The number of halogens is 1. The molecule has 1 aromatic rings. The van der Waals surface area contributed by atoms with Crippen LogP contribution in [0.3, 0.4) is 0 Å². The summed E-state index contributed by atoms with van der Waals surface area (Å²) in [5.74, 6) is -0.159. The number of hydrogen-bond acceptors (Lipinski definition) is 3. The van der Waals surface area contributed by atoms with Gasteiger partial charge in [0.1, 0.15) is 5.82 Å². The lowest BCUT2D eigenvalue weighted by molar-refractivity contribution is -0.138. The number of rotatable bonds is 4. The van der Waals surface area contributed by atoms with Gasteiger partial charge in [0.15, 0.2) is 0 Å². The molecule has 0 bridgehead atoms. The monoisotopic (exact) mass is 368 g/mol. The summed E-state index contributed by atoms with van der Waals surface area (Å²) in [4.78, 5) is 15.1. The molecule has 0 spiro atoms. The van der Waals surface area contributed by atoms with Crippen molar-refractivity contribution < 1.29 is 17.6 Å². The quantitative estimate of drug-likeness (QED) is 0.818. The lowest BCUT2D eigenvalue weighted by Crippen LogP contribution is -2.55. The molecule has 1 amide bonds. The number of sulfonamides is 1. The normalized spacial score (nSPS) is 21.4. The van der Waals surface area contributed by atoms with Crippen molar-refractivity contribution in [2.75, 3.05) is 31.9 Å². The second-order valence-electron chi connectivity index (χ2n) is 6.89. The van der Waals surface area contributed by atoms with E-state index in [1.807, 2.05) is 0 Å². The number of hydrogen-bond donors (Lipinski definition) is 0. The van der Waals surface area contributed by atoms with Gasteiger partial charge in [-0.05, 0) is 37.5 Å². The Kier molecular flexibility index (Phi) is 5.16. The zero-order valence-corrected chi connectivity index (χ0v) is 15.4. The number of piperazine rings is 1. The van der Waals surface area contributed by atoms with Crippen molar-refractivity contribution in [2.45, 2.75) is 38.0 Å². The van der Waals surface area contributed by atoms with Crippen LogP contribution in [0, 0.1) is 5.82 Å². The molecule has 3 rings (SSSR count). The van der Waals surface area contributed by atoms with E-state index in [0.29, 0.717) is 26.2 Å². The van der Waals surface area contributed by atoms with E-state index in [-0.39, 0.29) is 17.5 Å². The van der Waals surface area contributed by atoms with E-state index in [1.54, 1.807) is 24.0 Å². The lowest BCUT2D eigenvalue weighted by Gasteiger charge is -2.39. The summed E-state index contributed by atoms with van der Waals surface area (Å²) in [7, 11) is -3.21. The van der Waals surface area contributed by atoms with Gasteiger partial charge in [0.2, 0.25) is 15.9 Å². The third-order valence-corrected chi connectivity index (χ3v) is 7.43. The maximum absolute atomic E-state index is 13.3. The van der Waals surface area contributed by atoms with E-state index in [4.69, 9.17) is 0 Å². The first-order valence-electron chi connectivity index (χ1n) is 8.92. The standard InChI is InChI=1S/C18H25FN2O3S/c1-2-25(23,24)21-13-11-20(12-14-21)17(22)18(9-3-4-10-18)15-5-7-16(19)8-6-15/h5-8H,2-4,9-14H2,1H3. The molecule has 1 aliphatic carbocycles. The van der Waals surface area contributed by atoms with Crippen molar-refractivity contribution in [3.63, 3.8) is 0 Å². The highest BCUT2D eigenvalue weighted by molar-refractivity contribution is 7.89. The largest absolute Gasteiger partial charge is 0.339 e. The van der Waals surface area contributed by atoms with E-state index >= 15 is 0 Å². The number of amides is 1. The molecule has 2 fully saturated rings. The van der Waals surface area contributed by atoms with Gasteiger partial charge >= 0.3 is 0 Å². The number of carbonyl (C=O) groups excluding carboxylic acids is 1. The van der Waals surface area contributed by atoms with Crippen molar-refractivity contribution in [1.29, 1.82) is 0 Å². The molecule has 1 saturated carbocycles. The van der Waals surface area contributed by atoms with Crippen LogP contribution < -0.4 is 0 Å². The second-order valence-corrected chi connectivity index (χ2v) is 9.15. The summed E-state index contributed by atoms with van der Waals surface area (Å²) in [6, 6.07) is 6.26. The molecule has 5 nitrogen and oxygen atoms in total. The van der Waals surface area contributed by atoms with Crippen molar-refractivity contribution in [1.82, 2.24) is 9.21 Å². The molecule has 1 aromatic carbocycles. The Labute approximate surface area is 148 Å². The number of carbonyl (C=O) groups is 1. The van der Waals surface area contributed by atoms with Gasteiger partial charge in [-0.1, -0.05) is 25.0 Å². The average Bonchev–Trinajstić information content (AvgIpc) is 3.13. The SMILES string of the molecule is CCS(=O)(=O)N1CCN(C(=O)C2(c3ccc(F)cc3)CCCC2)CC1. The highest BCUT2D eigenvalue weighted by Gasteiger charge is 2.45. The van der Waals surface area contributed by atoms with Gasteiger partial charge in [0.25, 0.3) is 0 Å². The molecule has 1 saturated heterocycles. The summed E-state index contributed by atoms with van der Waals surface area (Å²) in [6.45, 7) is 3.17. The Morgan fingerprint density at radius 1 is 1.08 bits per heavy atom. The maximum atomic E-state index is 13.3. The minimum atomic E-state index is -3.21. The zero-order valence-electron chi connectivity index (χ0n) is 14.6. The van der Waals surface area contributed by atoms with Crippen LogP contribution in [0.25, 0.3) is 0 Å². The maximum Gasteiger partial charge on any atom is 0.233 e. The molecule has 0 unspecified atom stereocenters. The second kappa shape index (κ2) is 7.03. The van der Waals surface area contributed by atoms with Crippen LogP contribution in [0.2, 0.25) is 0 Å². The van der Waals surface area contributed by atoms with Crippen molar-refractivity contribution >= 4 is 15.9 Å². The predicted octanol–water partition coefficient (Wildman–Crippen LogP) is 2.13. The van der Waals surface area contributed by atoms with Gasteiger partial charge < -0.3 is 4.90 Å². The van der Waals surface area contributed by atoms with Gasteiger partial charge in [-0.2, -0.15) is 4.31 Å².